The number of carbonyl (C=O) groups excluding carboxylic acids is 1. The van der Waals surface area contributed by atoms with Gasteiger partial charge in [0.15, 0.2) is 16.2 Å². The Labute approximate surface area is 79.1 Å². The molecule has 0 rings (SSSR count). The molecule has 5 nitrogen and oxygen atoms in total. The van der Waals surface area contributed by atoms with Crippen molar-refractivity contribution in [3.8, 4) is 0 Å². The van der Waals surface area contributed by atoms with Gasteiger partial charge in [-0.3, -0.25) is 0 Å². The van der Waals surface area contributed by atoms with Crippen LogP contribution < -0.4 is 0 Å². The second-order valence-electron chi connectivity index (χ2n) is 2.30. The summed E-state index contributed by atoms with van der Waals surface area (Å²) in [6, 6.07) is 0. The third kappa shape index (κ3) is 2.74. The van der Waals surface area contributed by atoms with Crippen LogP contribution in [0, 0.1) is 0 Å². The van der Waals surface area contributed by atoms with Crippen molar-refractivity contribution in [3.05, 3.63) is 12.7 Å². The summed E-state index contributed by atoms with van der Waals surface area (Å²) in [7, 11) is -5.85. The standard InChI is InChI=1S/C6H8F2O5S/c1-3-5(9)13-4(2)6(7,8)14(10,11)12/h3-4H,1H2,2H3,(H,10,11,12)/p-1. The molecule has 1 atom stereocenters. The lowest BCUT2D eigenvalue weighted by Gasteiger charge is -2.25. The lowest BCUT2D eigenvalue weighted by molar-refractivity contribution is -0.153. The maximum absolute atomic E-state index is 12.6. The van der Waals surface area contributed by atoms with Crippen molar-refractivity contribution in [3.63, 3.8) is 0 Å². The Morgan fingerprint density at radius 3 is 2.36 bits per heavy atom. The van der Waals surface area contributed by atoms with E-state index in [1.807, 2.05) is 0 Å². The maximum atomic E-state index is 12.6. The first kappa shape index (κ1) is 13.0. The molecule has 0 aliphatic heterocycles. The molecule has 14 heavy (non-hydrogen) atoms. The number of ether oxygens (including phenoxy) is 1. The average Bonchev–Trinajstić information content (AvgIpc) is 2.01. The van der Waals surface area contributed by atoms with E-state index >= 15 is 0 Å². The largest absolute Gasteiger partial charge is 0.743 e. The Hall–Kier alpha value is -1.02. The summed E-state index contributed by atoms with van der Waals surface area (Å²) >= 11 is 0. The fourth-order valence-electron chi connectivity index (χ4n) is 0.494. The van der Waals surface area contributed by atoms with Gasteiger partial charge in [0.1, 0.15) is 0 Å². The number of alkyl halides is 2. The predicted octanol–water partition coefficient (Wildman–Crippen LogP) is 0.242. The highest BCUT2D eigenvalue weighted by Gasteiger charge is 2.46. The monoisotopic (exact) mass is 229 g/mol. The molecule has 0 saturated heterocycles. The molecule has 82 valence electrons. The zero-order chi connectivity index (χ0) is 11.6. The van der Waals surface area contributed by atoms with Crippen LogP contribution in [0.25, 0.3) is 0 Å². The normalized spacial score (nSPS) is 14.6. The second-order valence-corrected chi connectivity index (χ2v) is 3.75. The Morgan fingerprint density at radius 1 is 1.64 bits per heavy atom. The third-order valence-corrected chi connectivity index (χ3v) is 2.26. The molecule has 0 bridgehead atoms. The molecule has 0 N–H and O–H groups in total. The van der Waals surface area contributed by atoms with E-state index in [1.54, 1.807) is 0 Å². The van der Waals surface area contributed by atoms with Crippen LogP contribution >= 0.6 is 0 Å². The van der Waals surface area contributed by atoms with E-state index in [2.05, 4.69) is 11.3 Å². The summed E-state index contributed by atoms with van der Waals surface area (Å²) in [6.07, 6.45) is -1.78. The van der Waals surface area contributed by atoms with Crippen LogP contribution in [-0.2, 0) is 19.6 Å². The van der Waals surface area contributed by atoms with Gasteiger partial charge in [-0.05, 0) is 6.92 Å². The fraction of sp³-hybridized carbons (Fsp3) is 0.500. The second kappa shape index (κ2) is 4.01. The van der Waals surface area contributed by atoms with Crippen LogP contribution in [0.4, 0.5) is 8.78 Å². The predicted molar refractivity (Wildman–Crippen MR) is 40.4 cm³/mol. The summed E-state index contributed by atoms with van der Waals surface area (Å²) in [5.74, 6) is -1.24. The molecule has 1 unspecified atom stereocenters. The third-order valence-electron chi connectivity index (χ3n) is 1.27. The van der Waals surface area contributed by atoms with Crippen LogP contribution in [0.5, 0.6) is 0 Å². The number of hydrogen-bond donors (Lipinski definition) is 0. The van der Waals surface area contributed by atoms with E-state index in [4.69, 9.17) is 0 Å². The molecule has 0 fully saturated rings. The van der Waals surface area contributed by atoms with Crippen molar-refractivity contribution in [2.24, 2.45) is 0 Å². The van der Waals surface area contributed by atoms with E-state index in [9.17, 15) is 26.5 Å². The number of rotatable bonds is 4. The van der Waals surface area contributed by atoms with Gasteiger partial charge >= 0.3 is 11.2 Å². The Bertz CT molecular complexity index is 334. The quantitative estimate of drug-likeness (QED) is 0.391. The molecule has 0 aromatic rings. The molecule has 0 saturated carbocycles. The number of hydrogen-bond acceptors (Lipinski definition) is 5. The van der Waals surface area contributed by atoms with Crippen molar-refractivity contribution < 1.29 is 31.3 Å². The van der Waals surface area contributed by atoms with Gasteiger partial charge in [-0.2, -0.15) is 8.78 Å². The Kier molecular flexibility index (Phi) is 3.72. The Morgan fingerprint density at radius 2 is 2.07 bits per heavy atom. The van der Waals surface area contributed by atoms with Crippen LogP contribution in [0.3, 0.4) is 0 Å². The van der Waals surface area contributed by atoms with Crippen molar-refractivity contribution in [2.45, 2.75) is 18.3 Å². The molecule has 0 heterocycles. The first-order chi connectivity index (χ1) is 6.13. The molecule has 0 amide bonds. The Balaban J connectivity index is 4.77. The van der Waals surface area contributed by atoms with Crippen LogP contribution in [-0.4, -0.2) is 30.3 Å². The number of carbonyl (C=O) groups is 1. The minimum absolute atomic E-state index is 0.573. The average molecular weight is 229 g/mol. The summed E-state index contributed by atoms with van der Waals surface area (Å²) in [5.41, 5.74) is 0. The van der Waals surface area contributed by atoms with Crippen molar-refractivity contribution >= 4 is 16.1 Å². The van der Waals surface area contributed by atoms with Crippen molar-refractivity contribution in [1.29, 1.82) is 0 Å². The van der Waals surface area contributed by atoms with E-state index in [0.29, 0.717) is 13.0 Å². The summed E-state index contributed by atoms with van der Waals surface area (Å²) in [6.45, 7) is 3.50. The molecule has 0 aromatic carbocycles. The lowest BCUT2D eigenvalue weighted by atomic mass is 10.4. The van der Waals surface area contributed by atoms with Crippen molar-refractivity contribution in [1.82, 2.24) is 0 Å². The summed E-state index contributed by atoms with van der Waals surface area (Å²) in [5, 5.41) is -4.65. The first-order valence-electron chi connectivity index (χ1n) is 3.29. The number of esters is 1. The highest BCUT2D eigenvalue weighted by molar-refractivity contribution is 7.86. The molecule has 0 aliphatic rings. The van der Waals surface area contributed by atoms with Crippen LogP contribution in [0.15, 0.2) is 12.7 Å². The molecule has 0 radical (unpaired) electrons. The summed E-state index contributed by atoms with van der Waals surface area (Å²) < 4.78 is 59.2. The lowest BCUT2D eigenvalue weighted by Crippen LogP contribution is -2.41. The van der Waals surface area contributed by atoms with E-state index in [0.717, 1.165) is 0 Å². The molecule has 0 spiro atoms. The minimum atomic E-state index is -5.85. The van der Waals surface area contributed by atoms with Gasteiger partial charge in [0.25, 0.3) is 0 Å². The van der Waals surface area contributed by atoms with Gasteiger partial charge in [-0.1, -0.05) is 6.58 Å². The van der Waals surface area contributed by atoms with Crippen LogP contribution in [0.1, 0.15) is 6.92 Å². The van der Waals surface area contributed by atoms with Crippen molar-refractivity contribution in [2.75, 3.05) is 0 Å². The van der Waals surface area contributed by atoms with E-state index < -0.39 is 27.4 Å². The SMILES string of the molecule is C=CC(=O)OC(C)C(F)(F)S(=O)(=O)[O-]. The first-order valence-corrected chi connectivity index (χ1v) is 4.70. The van der Waals surface area contributed by atoms with Crippen LogP contribution in [0.2, 0.25) is 0 Å². The minimum Gasteiger partial charge on any atom is -0.743 e. The number of halogens is 2. The smallest absolute Gasteiger partial charge is 0.370 e. The van der Waals surface area contributed by atoms with Gasteiger partial charge in [-0.15, -0.1) is 0 Å². The van der Waals surface area contributed by atoms with Gasteiger partial charge in [0, 0.05) is 6.08 Å². The van der Waals surface area contributed by atoms with Gasteiger partial charge in [0.05, 0.1) is 0 Å². The molecule has 0 aliphatic carbocycles. The van der Waals surface area contributed by atoms with Gasteiger partial charge in [-0.25, -0.2) is 13.2 Å². The molecular weight excluding hydrogens is 222 g/mol. The zero-order valence-electron chi connectivity index (χ0n) is 7.07. The van der Waals surface area contributed by atoms with Gasteiger partial charge < -0.3 is 9.29 Å². The molecule has 8 heteroatoms. The summed E-state index contributed by atoms with van der Waals surface area (Å²) in [4.78, 5) is 10.4. The molecule has 0 aromatic heterocycles. The van der Waals surface area contributed by atoms with E-state index in [1.165, 1.54) is 0 Å². The highest BCUT2D eigenvalue weighted by atomic mass is 32.2. The highest BCUT2D eigenvalue weighted by Crippen LogP contribution is 2.26. The fourth-order valence-corrected chi connectivity index (χ4v) is 0.949. The molecular formula is C6H7F2O5S-. The zero-order valence-corrected chi connectivity index (χ0v) is 7.88. The van der Waals surface area contributed by atoms with E-state index in [-0.39, 0.29) is 0 Å². The topological polar surface area (TPSA) is 83.5 Å². The van der Waals surface area contributed by atoms with Gasteiger partial charge in [0.2, 0.25) is 0 Å². The maximum Gasteiger partial charge on any atom is 0.370 e.